The van der Waals surface area contributed by atoms with E-state index in [1.807, 2.05) is 24.3 Å². The van der Waals surface area contributed by atoms with Crippen molar-refractivity contribution < 1.29 is 9.59 Å². The van der Waals surface area contributed by atoms with Gasteiger partial charge in [0.15, 0.2) is 0 Å². The van der Waals surface area contributed by atoms with Crippen LogP contribution in [0.1, 0.15) is 25.7 Å². The number of nitrogens with one attached hydrogen (secondary N) is 1. The molecule has 2 amide bonds. The number of nitrogens with zero attached hydrogens (tertiary/aromatic N) is 2. The first-order valence-electron chi connectivity index (χ1n) is 8.76. The number of rotatable bonds is 4. The van der Waals surface area contributed by atoms with Crippen LogP contribution in [-0.4, -0.2) is 54.2 Å². The summed E-state index contributed by atoms with van der Waals surface area (Å²) < 4.78 is 0. The predicted octanol–water partition coefficient (Wildman–Crippen LogP) is 1.87. The van der Waals surface area contributed by atoms with E-state index in [4.69, 9.17) is 0 Å². The molecule has 1 aromatic rings. The van der Waals surface area contributed by atoms with E-state index in [-0.39, 0.29) is 24.4 Å². The van der Waals surface area contributed by atoms with E-state index < -0.39 is 0 Å². The second-order valence-corrected chi connectivity index (χ2v) is 7.86. The summed E-state index contributed by atoms with van der Waals surface area (Å²) in [4.78, 5) is 29.9. The Morgan fingerprint density at radius 2 is 1.92 bits per heavy atom. The van der Waals surface area contributed by atoms with Gasteiger partial charge in [-0.05, 0) is 37.8 Å². The number of amides is 2. The molecule has 2 aliphatic heterocycles. The van der Waals surface area contributed by atoms with Crippen molar-refractivity contribution in [3.05, 3.63) is 24.3 Å². The fraction of sp³-hybridized carbons (Fsp3) is 0.556. The quantitative estimate of drug-likeness (QED) is 0.905. The van der Waals surface area contributed by atoms with Gasteiger partial charge in [0.2, 0.25) is 11.8 Å². The SMILES string of the molecule is O=C(CN1C(=O)CSc2ccccc21)NC1CCN(C2CC2)CC1. The highest BCUT2D eigenvalue weighted by atomic mass is 32.2. The van der Waals surface area contributed by atoms with E-state index >= 15 is 0 Å². The number of thioether (sulfide) groups is 1. The highest BCUT2D eigenvalue weighted by Crippen LogP contribution is 2.34. The summed E-state index contributed by atoms with van der Waals surface area (Å²) in [7, 11) is 0. The van der Waals surface area contributed by atoms with Crippen LogP contribution in [0.3, 0.4) is 0 Å². The molecule has 128 valence electrons. The molecule has 24 heavy (non-hydrogen) atoms. The summed E-state index contributed by atoms with van der Waals surface area (Å²) in [5.74, 6) is 0.372. The molecular formula is C18H23N3O2S. The van der Waals surface area contributed by atoms with Gasteiger partial charge in [-0.15, -0.1) is 11.8 Å². The van der Waals surface area contributed by atoms with Crippen LogP contribution in [0.2, 0.25) is 0 Å². The summed E-state index contributed by atoms with van der Waals surface area (Å²) in [6.45, 7) is 2.29. The number of anilines is 1. The summed E-state index contributed by atoms with van der Waals surface area (Å²) >= 11 is 1.54. The average Bonchev–Trinajstić information content (AvgIpc) is 3.43. The molecule has 0 bridgehead atoms. The van der Waals surface area contributed by atoms with Crippen molar-refractivity contribution in [2.75, 3.05) is 30.3 Å². The van der Waals surface area contributed by atoms with Crippen LogP contribution in [-0.2, 0) is 9.59 Å². The van der Waals surface area contributed by atoms with E-state index in [1.54, 1.807) is 16.7 Å². The Bertz CT molecular complexity index is 639. The third-order valence-corrected chi connectivity index (χ3v) is 6.12. The minimum absolute atomic E-state index is 0.0115. The second kappa shape index (κ2) is 6.76. The Balaban J connectivity index is 1.33. The number of carbonyl (C=O) groups excluding carboxylic acids is 2. The second-order valence-electron chi connectivity index (χ2n) is 6.85. The number of likely N-dealkylation sites (tertiary alicyclic amines) is 1. The Morgan fingerprint density at radius 3 is 2.67 bits per heavy atom. The van der Waals surface area contributed by atoms with Crippen LogP contribution in [0.5, 0.6) is 0 Å². The molecule has 3 aliphatic rings. The zero-order valence-electron chi connectivity index (χ0n) is 13.7. The third kappa shape index (κ3) is 3.44. The molecule has 1 saturated heterocycles. The fourth-order valence-corrected chi connectivity index (χ4v) is 4.53. The monoisotopic (exact) mass is 345 g/mol. The molecule has 0 unspecified atom stereocenters. The number of carbonyl (C=O) groups is 2. The molecular weight excluding hydrogens is 322 g/mol. The molecule has 0 spiro atoms. The van der Waals surface area contributed by atoms with Crippen LogP contribution >= 0.6 is 11.8 Å². The van der Waals surface area contributed by atoms with Gasteiger partial charge in [0, 0.05) is 30.1 Å². The maximum absolute atomic E-state index is 12.4. The lowest BCUT2D eigenvalue weighted by Gasteiger charge is -2.33. The van der Waals surface area contributed by atoms with Gasteiger partial charge in [-0.25, -0.2) is 0 Å². The van der Waals surface area contributed by atoms with Crippen LogP contribution in [0, 0.1) is 0 Å². The maximum atomic E-state index is 12.4. The van der Waals surface area contributed by atoms with Crippen molar-refractivity contribution in [2.24, 2.45) is 0 Å². The average molecular weight is 345 g/mol. The number of fused-ring (bicyclic) bond motifs is 1. The minimum atomic E-state index is -0.0464. The van der Waals surface area contributed by atoms with Gasteiger partial charge in [0.05, 0.1) is 11.4 Å². The molecule has 4 rings (SSSR count). The van der Waals surface area contributed by atoms with Crippen molar-refractivity contribution in [3.8, 4) is 0 Å². The van der Waals surface area contributed by atoms with Crippen LogP contribution < -0.4 is 10.2 Å². The zero-order chi connectivity index (χ0) is 16.5. The van der Waals surface area contributed by atoms with E-state index in [0.29, 0.717) is 5.75 Å². The lowest BCUT2D eigenvalue weighted by atomic mass is 10.0. The van der Waals surface area contributed by atoms with Gasteiger partial charge in [0.1, 0.15) is 6.54 Å². The molecule has 1 saturated carbocycles. The number of hydrogen-bond donors (Lipinski definition) is 1. The van der Waals surface area contributed by atoms with Crippen molar-refractivity contribution in [1.82, 2.24) is 10.2 Å². The fourth-order valence-electron chi connectivity index (χ4n) is 3.59. The molecule has 0 atom stereocenters. The van der Waals surface area contributed by atoms with Gasteiger partial charge in [-0.1, -0.05) is 12.1 Å². The molecule has 2 fully saturated rings. The summed E-state index contributed by atoms with van der Waals surface area (Å²) in [5.41, 5.74) is 0.859. The van der Waals surface area contributed by atoms with E-state index in [9.17, 15) is 9.59 Å². The Morgan fingerprint density at radius 1 is 1.17 bits per heavy atom. The predicted molar refractivity (Wildman–Crippen MR) is 95.3 cm³/mol. The molecule has 0 radical (unpaired) electrons. The lowest BCUT2D eigenvalue weighted by Crippen LogP contribution is -2.49. The first-order chi connectivity index (χ1) is 11.7. The minimum Gasteiger partial charge on any atom is -0.352 e. The van der Waals surface area contributed by atoms with Gasteiger partial charge >= 0.3 is 0 Å². The van der Waals surface area contributed by atoms with Gasteiger partial charge in [0.25, 0.3) is 0 Å². The molecule has 5 nitrogen and oxygen atoms in total. The molecule has 1 aromatic carbocycles. The Labute approximate surface area is 146 Å². The molecule has 2 heterocycles. The first kappa shape index (κ1) is 16.0. The number of benzene rings is 1. The normalized spacial score (nSPS) is 22.3. The molecule has 6 heteroatoms. The van der Waals surface area contributed by atoms with E-state index in [1.165, 1.54) is 12.8 Å². The van der Waals surface area contributed by atoms with Crippen LogP contribution in [0.15, 0.2) is 29.2 Å². The molecule has 1 N–H and O–H groups in total. The lowest BCUT2D eigenvalue weighted by molar-refractivity contribution is -0.123. The third-order valence-electron chi connectivity index (χ3n) is 5.07. The summed E-state index contributed by atoms with van der Waals surface area (Å²) in [5, 5.41) is 3.13. The summed E-state index contributed by atoms with van der Waals surface area (Å²) in [6.07, 6.45) is 4.71. The molecule has 0 aromatic heterocycles. The van der Waals surface area contributed by atoms with Crippen molar-refractivity contribution in [1.29, 1.82) is 0 Å². The van der Waals surface area contributed by atoms with Gasteiger partial charge in [-0.2, -0.15) is 0 Å². The topological polar surface area (TPSA) is 52.7 Å². The van der Waals surface area contributed by atoms with Crippen LogP contribution in [0.25, 0.3) is 0 Å². The smallest absolute Gasteiger partial charge is 0.240 e. The maximum Gasteiger partial charge on any atom is 0.240 e. The summed E-state index contributed by atoms with van der Waals surface area (Å²) in [6, 6.07) is 8.86. The Hall–Kier alpha value is -1.53. The largest absolute Gasteiger partial charge is 0.352 e. The van der Waals surface area contributed by atoms with Crippen molar-refractivity contribution in [2.45, 2.75) is 42.7 Å². The van der Waals surface area contributed by atoms with E-state index in [2.05, 4.69) is 10.2 Å². The standard InChI is InChI=1S/C18H23N3O2S/c22-17(19-13-7-9-20(10-8-13)14-5-6-14)11-21-15-3-1-2-4-16(15)24-12-18(21)23/h1-4,13-14H,5-12H2,(H,19,22). The highest BCUT2D eigenvalue weighted by molar-refractivity contribution is 8.00. The molecule has 1 aliphatic carbocycles. The van der Waals surface area contributed by atoms with Gasteiger partial charge in [-0.3, -0.25) is 9.59 Å². The van der Waals surface area contributed by atoms with Crippen LogP contribution in [0.4, 0.5) is 5.69 Å². The number of piperidine rings is 1. The van der Waals surface area contributed by atoms with E-state index in [0.717, 1.165) is 42.6 Å². The Kier molecular flexibility index (Phi) is 4.50. The van der Waals surface area contributed by atoms with Gasteiger partial charge < -0.3 is 15.1 Å². The number of para-hydroxylation sites is 1. The number of hydrogen-bond acceptors (Lipinski definition) is 4. The van der Waals surface area contributed by atoms with Crippen molar-refractivity contribution >= 4 is 29.3 Å². The van der Waals surface area contributed by atoms with Crippen molar-refractivity contribution in [3.63, 3.8) is 0 Å². The highest BCUT2D eigenvalue weighted by Gasteiger charge is 2.32. The first-order valence-corrected chi connectivity index (χ1v) is 9.75. The zero-order valence-corrected chi connectivity index (χ0v) is 14.6.